The maximum Gasteiger partial charge on any atom is 0.174 e. The number of carbonyl (C=O) groups is 2. The summed E-state index contributed by atoms with van der Waals surface area (Å²) in [5.74, 6) is -1.29. The molecule has 0 saturated carbocycles. The Labute approximate surface area is 210 Å². The highest BCUT2D eigenvalue weighted by atomic mass is 16.2. The fraction of sp³-hybridized carbons (Fsp3) is 0.0938. The third-order valence-electron chi connectivity index (χ3n) is 6.40. The zero-order valence-corrected chi connectivity index (χ0v) is 19.8. The third kappa shape index (κ3) is 4.93. The highest BCUT2D eigenvalue weighted by molar-refractivity contribution is 6.17. The first-order valence-corrected chi connectivity index (χ1v) is 12.0. The van der Waals surface area contributed by atoms with Crippen LogP contribution in [0.2, 0.25) is 0 Å². The highest BCUT2D eigenvalue weighted by Crippen LogP contribution is 2.36. The number of nitrogens with zero attached hydrogens (tertiary/aromatic N) is 2. The van der Waals surface area contributed by atoms with E-state index in [4.69, 9.17) is 4.98 Å². The summed E-state index contributed by atoms with van der Waals surface area (Å²) in [4.78, 5) is 32.9. The monoisotopic (exact) mass is 470 g/mol. The fourth-order valence-corrected chi connectivity index (χ4v) is 4.65. The molecule has 5 rings (SSSR count). The zero-order chi connectivity index (χ0) is 24.7. The molecule has 0 fully saturated rings. The smallest absolute Gasteiger partial charge is 0.174 e. The van der Waals surface area contributed by atoms with Crippen molar-refractivity contribution in [2.75, 3.05) is 0 Å². The average Bonchev–Trinajstić information content (AvgIpc) is 3.40. The van der Waals surface area contributed by atoms with Gasteiger partial charge in [0.1, 0.15) is 5.82 Å². The molecule has 1 aromatic heterocycles. The molecule has 5 aromatic rings. The van der Waals surface area contributed by atoms with Crippen molar-refractivity contribution in [2.24, 2.45) is 5.92 Å². The summed E-state index contributed by atoms with van der Waals surface area (Å²) in [5, 5.41) is 0. The van der Waals surface area contributed by atoms with E-state index in [0.717, 1.165) is 11.1 Å². The number of benzene rings is 4. The van der Waals surface area contributed by atoms with Crippen LogP contribution >= 0.6 is 0 Å². The number of Topliss-reactive ketones (excluding diaryl/α,β-unsaturated/α-hetero) is 2. The number of hydrogen-bond donors (Lipinski definition) is 0. The maximum absolute atomic E-state index is 14.1. The zero-order valence-electron chi connectivity index (χ0n) is 19.8. The van der Waals surface area contributed by atoms with Crippen LogP contribution < -0.4 is 0 Å². The van der Waals surface area contributed by atoms with Gasteiger partial charge in [-0.2, -0.15) is 0 Å². The van der Waals surface area contributed by atoms with Gasteiger partial charge in [0.05, 0.1) is 11.8 Å². The second kappa shape index (κ2) is 10.8. The molecule has 0 spiro atoms. The van der Waals surface area contributed by atoms with Crippen LogP contribution in [0, 0.1) is 5.92 Å². The quantitative estimate of drug-likeness (QED) is 0.184. The summed E-state index contributed by atoms with van der Waals surface area (Å²) in [5.41, 5.74) is 3.00. The van der Waals surface area contributed by atoms with Crippen LogP contribution in [0.3, 0.4) is 0 Å². The van der Waals surface area contributed by atoms with E-state index < -0.39 is 11.8 Å². The van der Waals surface area contributed by atoms with E-state index in [0.29, 0.717) is 23.5 Å². The summed E-state index contributed by atoms with van der Waals surface area (Å²) in [7, 11) is 0. The van der Waals surface area contributed by atoms with Crippen molar-refractivity contribution >= 4 is 11.6 Å². The van der Waals surface area contributed by atoms with E-state index >= 15 is 0 Å². The van der Waals surface area contributed by atoms with E-state index in [2.05, 4.69) is 12.1 Å². The van der Waals surface area contributed by atoms with Crippen molar-refractivity contribution in [3.8, 4) is 0 Å². The lowest BCUT2D eigenvalue weighted by Crippen LogP contribution is -2.33. The molecule has 0 bridgehead atoms. The molecule has 176 valence electrons. The number of aromatic nitrogens is 2. The molecule has 0 aliphatic carbocycles. The Kier molecular flexibility index (Phi) is 6.95. The highest BCUT2D eigenvalue weighted by Gasteiger charge is 2.39. The summed E-state index contributed by atoms with van der Waals surface area (Å²) < 4.78 is 2.04. The second-order valence-electron chi connectivity index (χ2n) is 8.73. The van der Waals surface area contributed by atoms with Gasteiger partial charge in [0.25, 0.3) is 0 Å². The first-order chi connectivity index (χ1) is 17.7. The summed E-state index contributed by atoms with van der Waals surface area (Å²) in [6.45, 7) is 0.589. The first kappa shape index (κ1) is 23.2. The molecular formula is C32H26N2O2. The largest absolute Gasteiger partial charge is 0.330 e. The number of hydrogen-bond acceptors (Lipinski definition) is 3. The van der Waals surface area contributed by atoms with Crippen LogP contribution in [0.4, 0.5) is 0 Å². The Morgan fingerprint density at radius 3 is 1.64 bits per heavy atom. The van der Waals surface area contributed by atoms with E-state index in [9.17, 15) is 9.59 Å². The minimum atomic E-state index is -0.978. The fourth-order valence-electron chi connectivity index (χ4n) is 4.65. The molecule has 36 heavy (non-hydrogen) atoms. The lowest BCUT2D eigenvalue weighted by molar-refractivity contribution is 0.0789. The third-order valence-corrected chi connectivity index (χ3v) is 6.40. The summed E-state index contributed by atoms with van der Waals surface area (Å²) in [6.07, 6.45) is 3.65. The molecular weight excluding hydrogens is 444 g/mol. The van der Waals surface area contributed by atoms with Crippen molar-refractivity contribution in [2.45, 2.75) is 12.5 Å². The van der Waals surface area contributed by atoms with Gasteiger partial charge in [-0.3, -0.25) is 9.59 Å². The van der Waals surface area contributed by atoms with Crippen molar-refractivity contribution in [3.63, 3.8) is 0 Å². The Bertz CT molecular complexity index is 1380. The molecule has 1 heterocycles. The maximum atomic E-state index is 14.1. The molecule has 0 aliphatic heterocycles. The van der Waals surface area contributed by atoms with Gasteiger partial charge in [-0.25, -0.2) is 4.98 Å². The van der Waals surface area contributed by atoms with E-state index in [1.165, 1.54) is 0 Å². The van der Waals surface area contributed by atoms with Crippen molar-refractivity contribution in [1.82, 2.24) is 9.55 Å². The second-order valence-corrected chi connectivity index (χ2v) is 8.73. The van der Waals surface area contributed by atoms with Gasteiger partial charge in [0, 0.05) is 30.1 Å². The number of ketones is 2. The van der Waals surface area contributed by atoms with Crippen LogP contribution in [0.25, 0.3) is 0 Å². The standard InChI is InChI=1S/C32H26N2O2/c35-30(26-17-9-3-10-18-26)29(31(36)27-19-11-4-12-20-27)28(25-15-7-2-8-16-25)32-33-21-22-34(32)23-24-13-5-1-6-14-24/h1-22,28-29H,23H2. The summed E-state index contributed by atoms with van der Waals surface area (Å²) >= 11 is 0. The molecule has 4 aromatic carbocycles. The lowest BCUT2D eigenvalue weighted by atomic mass is 9.76. The molecule has 4 nitrogen and oxygen atoms in total. The van der Waals surface area contributed by atoms with Crippen LogP contribution in [-0.2, 0) is 6.54 Å². The van der Waals surface area contributed by atoms with Crippen LogP contribution in [0.5, 0.6) is 0 Å². The van der Waals surface area contributed by atoms with Crippen LogP contribution in [0.15, 0.2) is 134 Å². The van der Waals surface area contributed by atoms with Gasteiger partial charge in [0.15, 0.2) is 11.6 Å². The SMILES string of the molecule is O=C(c1ccccc1)C(C(=O)c1ccccc1)C(c1ccccc1)c1nccn1Cc1ccccc1. The number of rotatable bonds is 9. The summed E-state index contributed by atoms with van der Waals surface area (Å²) in [6, 6.07) is 38.0. The molecule has 1 unspecified atom stereocenters. The normalized spacial score (nSPS) is 11.8. The van der Waals surface area contributed by atoms with Crippen molar-refractivity contribution < 1.29 is 9.59 Å². The minimum absolute atomic E-state index is 0.215. The van der Waals surface area contributed by atoms with E-state index in [-0.39, 0.29) is 11.6 Å². The van der Waals surface area contributed by atoms with Crippen LogP contribution in [-0.4, -0.2) is 21.1 Å². The Morgan fingerprint density at radius 1 is 0.639 bits per heavy atom. The van der Waals surface area contributed by atoms with Crippen molar-refractivity contribution in [3.05, 3.63) is 162 Å². The van der Waals surface area contributed by atoms with E-state index in [1.807, 2.05) is 95.7 Å². The van der Waals surface area contributed by atoms with Crippen LogP contribution in [0.1, 0.15) is 43.6 Å². The average molecular weight is 471 g/mol. The van der Waals surface area contributed by atoms with Gasteiger partial charge in [0.2, 0.25) is 0 Å². The molecule has 0 radical (unpaired) electrons. The molecule has 0 N–H and O–H groups in total. The predicted molar refractivity (Wildman–Crippen MR) is 141 cm³/mol. The molecule has 0 saturated heterocycles. The Morgan fingerprint density at radius 2 is 1.11 bits per heavy atom. The Hall–Kier alpha value is -4.57. The molecule has 1 atom stereocenters. The number of imidazole rings is 1. The molecule has 4 heteroatoms. The van der Waals surface area contributed by atoms with E-state index in [1.54, 1.807) is 30.5 Å². The minimum Gasteiger partial charge on any atom is -0.330 e. The molecule has 0 aliphatic rings. The molecule has 0 amide bonds. The Balaban J connectivity index is 1.67. The van der Waals surface area contributed by atoms with Gasteiger partial charge >= 0.3 is 0 Å². The van der Waals surface area contributed by atoms with Gasteiger partial charge in [-0.1, -0.05) is 121 Å². The topological polar surface area (TPSA) is 52.0 Å². The van der Waals surface area contributed by atoms with Gasteiger partial charge in [-0.05, 0) is 11.1 Å². The predicted octanol–water partition coefficient (Wildman–Crippen LogP) is 6.45. The van der Waals surface area contributed by atoms with Crippen molar-refractivity contribution in [1.29, 1.82) is 0 Å². The lowest BCUT2D eigenvalue weighted by Gasteiger charge is -2.26. The van der Waals surface area contributed by atoms with Gasteiger partial charge in [-0.15, -0.1) is 0 Å². The van der Waals surface area contributed by atoms with Gasteiger partial charge < -0.3 is 4.57 Å². The first-order valence-electron chi connectivity index (χ1n) is 12.0. The number of carbonyl (C=O) groups excluding carboxylic acids is 2.